The maximum Gasteiger partial charge on any atom is 0.223 e. The van der Waals surface area contributed by atoms with Gasteiger partial charge in [-0.1, -0.05) is 27.7 Å². The van der Waals surface area contributed by atoms with Crippen molar-refractivity contribution in [2.75, 3.05) is 5.32 Å². The average Bonchev–Trinajstić information content (AvgIpc) is 3.11. The van der Waals surface area contributed by atoms with Crippen LogP contribution in [0.3, 0.4) is 0 Å². The molecule has 0 aliphatic heterocycles. The second-order valence-electron chi connectivity index (χ2n) is 5.71. The number of aromatic nitrogens is 2. The Bertz CT molecular complexity index is 397. The monoisotopic (exact) mass is 248 g/mol. The zero-order valence-corrected chi connectivity index (χ0v) is 11.8. The van der Waals surface area contributed by atoms with Gasteiger partial charge in [0.25, 0.3) is 0 Å². The van der Waals surface area contributed by atoms with Crippen molar-refractivity contribution in [1.29, 1.82) is 0 Å². The molecule has 1 saturated carbocycles. The highest BCUT2D eigenvalue weighted by atomic mass is 15.1. The molecule has 1 aliphatic rings. The lowest BCUT2D eigenvalue weighted by Crippen LogP contribution is -2.23. The van der Waals surface area contributed by atoms with E-state index >= 15 is 0 Å². The van der Waals surface area contributed by atoms with Crippen LogP contribution >= 0.6 is 0 Å². The summed E-state index contributed by atoms with van der Waals surface area (Å²) >= 11 is 0. The molecule has 4 heteroatoms. The van der Waals surface area contributed by atoms with Gasteiger partial charge < -0.3 is 10.6 Å². The molecular formula is C14H24N4. The number of anilines is 1. The molecule has 0 radical (unpaired) electrons. The summed E-state index contributed by atoms with van der Waals surface area (Å²) in [5, 5.41) is 6.79. The van der Waals surface area contributed by atoms with Gasteiger partial charge in [0.1, 0.15) is 0 Å². The van der Waals surface area contributed by atoms with E-state index in [4.69, 9.17) is 0 Å². The summed E-state index contributed by atoms with van der Waals surface area (Å²) in [6.45, 7) is 9.51. The van der Waals surface area contributed by atoms with Gasteiger partial charge in [-0.05, 0) is 18.8 Å². The van der Waals surface area contributed by atoms with Crippen LogP contribution in [0.2, 0.25) is 0 Å². The topological polar surface area (TPSA) is 49.8 Å². The molecule has 1 aromatic rings. The minimum Gasteiger partial charge on any atom is -0.351 e. The quantitative estimate of drug-likeness (QED) is 0.812. The lowest BCUT2D eigenvalue weighted by atomic mass is 10.1. The molecule has 4 nitrogen and oxygen atoms in total. The molecule has 0 saturated heterocycles. The fraction of sp³-hybridized carbons (Fsp3) is 0.714. The third kappa shape index (κ3) is 3.67. The van der Waals surface area contributed by atoms with Crippen molar-refractivity contribution in [2.45, 2.75) is 65.1 Å². The highest BCUT2D eigenvalue weighted by Gasteiger charge is 2.22. The van der Waals surface area contributed by atoms with Crippen molar-refractivity contribution in [3.63, 3.8) is 0 Å². The molecule has 1 fully saturated rings. The van der Waals surface area contributed by atoms with Crippen LogP contribution in [0, 0.1) is 0 Å². The first-order valence-electron chi connectivity index (χ1n) is 6.92. The van der Waals surface area contributed by atoms with Gasteiger partial charge in [0.05, 0.1) is 5.69 Å². The van der Waals surface area contributed by atoms with Crippen molar-refractivity contribution in [2.24, 2.45) is 0 Å². The predicted molar refractivity (Wildman–Crippen MR) is 74.7 cm³/mol. The normalized spacial score (nSPS) is 15.4. The predicted octanol–water partition coefficient (Wildman–Crippen LogP) is 2.67. The Morgan fingerprint density at radius 1 is 1.28 bits per heavy atom. The minimum atomic E-state index is 0.428. The maximum absolute atomic E-state index is 4.67. The lowest BCUT2D eigenvalue weighted by Gasteiger charge is -2.15. The van der Waals surface area contributed by atoms with Crippen LogP contribution in [-0.4, -0.2) is 22.1 Å². The highest BCUT2D eigenvalue weighted by molar-refractivity contribution is 5.33. The summed E-state index contributed by atoms with van der Waals surface area (Å²) in [6, 6.07) is 1.08. The van der Waals surface area contributed by atoms with E-state index in [1.165, 1.54) is 18.4 Å². The van der Waals surface area contributed by atoms with Crippen molar-refractivity contribution < 1.29 is 0 Å². The van der Waals surface area contributed by atoms with E-state index in [1.807, 2.05) is 6.20 Å². The fourth-order valence-corrected chi connectivity index (χ4v) is 1.85. The summed E-state index contributed by atoms with van der Waals surface area (Å²) in [5.41, 5.74) is 2.36. The maximum atomic E-state index is 4.67. The molecule has 18 heavy (non-hydrogen) atoms. The number of rotatable bonds is 6. The zero-order chi connectivity index (χ0) is 13.1. The second-order valence-corrected chi connectivity index (χ2v) is 5.71. The Morgan fingerprint density at radius 3 is 2.56 bits per heavy atom. The zero-order valence-electron chi connectivity index (χ0n) is 11.8. The van der Waals surface area contributed by atoms with Crippen molar-refractivity contribution >= 4 is 5.95 Å². The van der Waals surface area contributed by atoms with Crippen LogP contribution < -0.4 is 10.6 Å². The Balaban J connectivity index is 2.11. The molecule has 0 atom stereocenters. The van der Waals surface area contributed by atoms with Crippen LogP contribution in [0.25, 0.3) is 0 Å². The standard InChI is InChI=1S/C14H24N4/c1-9(2)13-11(7-15-10(3)4)8-16-14(18-13)17-12-5-6-12/h8-10,12,15H,5-7H2,1-4H3,(H,16,17,18). The molecule has 1 aliphatic carbocycles. The van der Waals surface area contributed by atoms with Crippen molar-refractivity contribution in [1.82, 2.24) is 15.3 Å². The Kier molecular flexibility index (Phi) is 4.17. The van der Waals surface area contributed by atoms with Gasteiger partial charge in [-0.2, -0.15) is 0 Å². The summed E-state index contributed by atoms with van der Waals surface area (Å²) < 4.78 is 0. The van der Waals surface area contributed by atoms with E-state index < -0.39 is 0 Å². The molecule has 0 aromatic carbocycles. The Morgan fingerprint density at radius 2 is 2.00 bits per heavy atom. The van der Waals surface area contributed by atoms with Crippen LogP contribution in [0.5, 0.6) is 0 Å². The Labute approximate surface area is 110 Å². The van der Waals surface area contributed by atoms with E-state index in [9.17, 15) is 0 Å². The summed E-state index contributed by atoms with van der Waals surface area (Å²) in [5.74, 6) is 1.21. The van der Waals surface area contributed by atoms with Gasteiger partial charge in [-0.3, -0.25) is 0 Å². The first-order valence-corrected chi connectivity index (χ1v) is 6.92. The summed E-state index contributed by atoms with van der Waals surface area (Å²) in [4.78, 5) is 9.09. The molecule has 0 amide bonds. The molecular weight excluding hydrogens is 224 g/mol. The first kappa shape index (κ1) is 13.3. The van der Waals surface area contributed by atoms with E-state index in [1.54, 1.807) is 0 Å². The summed E-state index contributed by atoms with van der Waals surface area (Å²) in [7, 11) is 0. The minimum absolute atomic E-state index is 0.428. The molecule has 1 aromatic heterocycles. The molecule has 100 valence electrons. The van der Waals surface area contributed by atoms with Crippen LogP contribution in [0.15, 0.2) is 6.20 Å². The van der Waals surface area contributed by atoms with Crippen LogP contribution in [0.1, 0.15) is 57.7 Å². The van der Waals surface area contributed by atoms with Crippen molar-refractivity contribution in [3.8, 4) is 0 Å². The van der Waals surface area contributed by atoms with Crippen LogP contribution in [0.4, 0.5) is 5.95 Å². The van der Waals surface area contributed by atoms with Crippen LogP contribution in [-0.2, 0) is 6.54 Å². The first-order chi connectivity index (χ1) is 8.56. The fourth-order valence-electron chi connectivity index (χ4n) is 1.85. The number of hydrogen-bond donors (Lipinski definition) is 2. The SMILES string of the molecule is CC(C)NCc1cnc(NC2CC2)nc1C(C)C. The lowest BCUT2D eigenvalue weighted by molar-refractivity contribution is 0.580. The van der Waals surface area contributed by atoms with E-state index in [-0.39, 0.29) is 0 Å². The number of nitrogens with zero attached hydrogens (tertiary/aromatic N) is 2. The largest absolute Gasteiger partial charge is 0.351 e. The number of nitrogens with one attached hydrogen (secondary N) is 2. The van der Waals surface area contributed by atoms with Gasteiger partial charge >= 0.3 is 0 Å². The third-order valence-electron chi connectivity index (χ3n) is 3.06. The van der Waals surface area contributed by atoms with Gasteiger partial charge in [-0.15, -0.1) is 0 Å². The Hall–Kier alpha value is -1.16. The molecule has 0 unspecified atom stereocenters. The molecule has 2 rings (SSSR count). The summed E-state index contributed by atoms with van der Waals surface area (Å²) in [6.07, 6.45) is 4.45. The van der Waals surface area contributed by atoms with Crippen molar-refractivity contribution in [3.05, 3.63) is 17.5 Å². The van der Waals surface area contributed by atoms with E-state index in [0.717, 1.165) is 18.2 Å². The average molecular weight is 248 g/mol. The molecule has 1 heterocycles. The second kappa shape index (κ2) is 5.65. The smallest absolute Gasteiger partial charge is 0.223 e. The highest BCUT2D eigenvalue weighted by Crippen LogP contribution is 2.24. The van der Waals surface area contributed by atoms with Gasteiger partial charge in [0, 0.05) is 30.4 Å². The van der Waals surface area contributed by atoms with Gasteiger partial charge in [0.2, 0.25) is 5.95 Å². The third-order valence-corrected chi connectivity index (χ3v) is 3.06. The van der Waals surface area contributed by atoms with Gasteiger partial charge in [-0.25, -0.2) is 9.97 Å². The number of hydrogen-bond acceptors (Lipinski definition) is 4. The van der Waals surface area contributed by atoms with Gasteiger partial charge in [0.15, 0.2) is 0 Å². The molecule has 0 bridgehead atoms. The molecule has 0 spiro atoms. The van der Waals surface area contributed by atoms with E-state index in [2.05, 4.69) is 48.3 Å². The van der Waals surface area contributed by atoms with E-state index in [0.29, 0.717) is 18.0 Å². The molecule has 2 N–H and O–H groups in total.